The van der Waals surface area contributed by atoms with Gasteiger partial charge >= 0.3 is 0 Å². The van der Waals surface area contributed by atoms with E-state index in [4.69, 9.17) is 0 Å². The smallest absolute Gasteiger partial charge is 0.0172 e. The summed E-state index contributed by atoms with van der Waals surface area (Å²) in [6.07, 6.45) is 5.25. The lowest BCUT2D eigenvalue weighted by Gasteiger charge is -2.10. The highest BCUT2D eigenvalue weighted by Gasteiger charge is 2.00. The summed E-state index contributed by atoms with van der Waals surface area (Å²) in [4.78, 5) is 0. The molecule has 0 spiro atoms. The Morgan fingerprint density at radius 1 is 1.44 bits per heavy atom. The van der Waals surface area contributed by atoms with Crippen LogP contribution in [0.15, 0.2) is 0 Å². The molecule has 0 bridgehead atoms. The Bertz CT molecular complexity index is 52.9. The van der Waals surface area contributed by atoms with E-state index in [0.717, 1.165) is 6.04 Å². The molecule has 1 atom stereocenters. The molecule has 9 heavy (non-hydrogen) atoms. The van der Waals surface area contributed by atoms with E-state index in [1.807, 2.05) is 0 Å². The molecule has 0 fully saturated rings. The van der Waals surface area contributed by atoms with Crippen molar-refractivity contribution in [1.29, 1.82) is 0 Å². The lowest BCUT2D eigenvalue weighted by molar-refractivity contribution is 0.545. The quantitative estimate of drug-likeness (QED) is 0.576. The SMILES string of the molecule is CCCCC(CC)NI. The average Bonchev–Trinajstić information content (AvgIpc) is 1.91. The number of unbranched alkanes of at least 4 members (excludes halogenated alkanes) is 1. The zero-order chi connectivity index (χ0) is 7.11. The van der Waals surface area contributed by atoms with E-state index in [9.17, 15) is 0 Å². The maximum Gasteiger partial charge on any atom is 0.0172 e. The van der Waals surface area contributed by atoms with Crippen molar-refractivity contribution >= 4 is 22.9 Å². The lowest BCUT2D eigenvalue weighted by Crippen LogP contribution is -2.18. The summed E-state index contributed by atoms with van der Waals surface area (Å²) in [5.74, 6) is 0. The monoisotopic (exact) mass is 241 g/mol. The minimum Gasteiger partial charge on any atom is -0.258 e. The molecule has 0 saturated heterocycles. The van der Waals surface area contributed by atoms with Gasteiger partial charge in [-0.05, 0) is 12.8 Å². The van der Waals surface area contributed by atoms with Crippen LogP contribution in [0, 0.1) is 0 Å². The van der Waals surface area contributed by atoms with Gasteiger partial charge in [0, 0.05) is 28.9 Å². The zero-order valence-electron chi connectivity index (χ0n) is 6.28. The summed E-state index contributed by atoms with van der Waals surface area (Å²) < 4.78 is 3.26. The highest BCUT2D eigenvalue weighted by atomic mass is 127. The summed E-state index contributed by atoms with van der Waals surface area (Å²) in [7, 11) is 0. The van der Waals surface area contributed by atoms with Crippen LogP contribution in [0.3, 0.4) is 0 Å². The van der Waals surface area contributed by atoms with Crippen LogP contribution in [-0.4, -0.2) is 6.04 Å². The van der Waals surface area contributed by atoms with Crippen LogP contribution in [-0.2, 0) is 0 Å². The van der Waals surface area contributed by atoms with E-state index in [2.05, 4.69) is 40.2 Å². The minimum absolute atomic E-state index is 0.741. The fourth-order valence-corrected chi connectivity index (χ4v) is 1.54. The molecule has 56 valence electrons. The van der Waals surface area contributed by atoms with Crippen LogP contribution in [0.25, 0.3) is 0 Å². The second kappa shape index (κ2) is 6.81. The van der Waals surface area contributed by atoms with Crippen molar-refractivity contribution in [3.8, 4) is 0 Å². The van der Waals surface area contributed by atoms with Gasteiger partial charge in [-0.25, -0.2) is 0 Å². The Labute approximate surface area is 72.1 Å². The Morgan fingerprint density at radius 3 is 2.44 bits per heavy atom. The van der Waals surface area contributed by atoms with Crippen LogP contribution < -0.4 is 3.53 Å². The maximum absolute atomic E-state index is 3.26. The number of hydrogen-bond acceptors (Lipinski definition) is 1. The van der Waals surface area contributed by atoms with Crippen molar-refractivity contribution < 1.29 is 0 Å². The second-order valence-corrected chi connectivity index (χ2v) is 2.98. The standard InChI is InChI=1S/C7H16IN/c1-3-5-6-7(4-2)9-8/h7,9H,3-6H2,1-2H3. The van der Waals surface area contributed by atoms with Crippen LogP contribution in [0.1, 0.15) is 39.5 Å². The van der Waals surface area contributed by atoms with Crippen LogP contribution in [0.5, 0.6) is 0 Å². The summed E-state index contributed by atoms with van der Waals surface area (Å²) in [5.41, 5.74) is 0. The molecule has 0 aromatic heterocycles. The van der Waals surface area contributed by atoms with E-state index in [-0.39, 0.29) is 0 Å². The fourth-order valence-electron chi connectivity index (χ4n) is 0.786. The van der Waals surface area contributed by atoms with Crippen molar-refractivity contribution in [2.45, 2.75) is 45.6 Å². The van der Waals surface area contributed by atoms with Crippen molar-refractivity contribution in [2.24, 2.45) is 0 Å². The molecule has 0 saturated carbocycles. The highest BCUT2D eigenvalue weighted by molar-refractivity contribution is 14.1. The van der Waals surface area contributed by atoms with Crippen LogP contribution in [0.4, 0.5) is 0 Å². The topological polar surface area (TPSA) is 12.0 Å². The van der Waals surface area contributed by atoms with Crippen molar-refractivity contribution in [3.63, 3.8) is 0 Å². The van der Waals surface area contributed by atoms with Crippen molar-refractivity contribution in [1.82, 2.24) is 3.53 Å². The molecule has 1 nitrogen and oxygen atoms in total. The molecular formula is C7H16IN. The number of rotatable bonds is 5. The van der Waals surface area contributed by atoms with Gasteiger partial charge in [0.05, 0.1) is 0 Å². The van der Waals surface area contributed by atoms with E-state index >= 15 is 0 Å². The van der Waals surface area contributed by atoms with Gasteiger partial charge in [0.15, 0.2) is 0 Å². The highest BCUT2D eigenvalue weighted by Crippen LogP contribution is 2.04. The molecule has 0 rings (SSSR count). The molecule has 0 aliphatic carbocycles. The van der Waals surface area contributed by atoms with Gasteiger partial charge < -0.3 is 0 Å². The third-order valence-electron chi connectivity index (χ3n) is 1.55. The molecule has 0 radical (unpaired) electrons. The molecule has 0 aromatic rings. The first-order valence-corrected chi connectivity index (χ1v) is 4.79. The van der Waals surface area contributed by atoms with E-state index in [1.165, 1.54) is 25.7 Å². The Hall–Kier alpha value is 0.690. The van der Waals surface area contributed by atoms with E-state index < -0.39 is 0 Å². The Kier molecular flexibility index (Phi) is 7.33. The summed E-state index contributed by atoms with van der Waals surface area (Å²) >= 11 is 2.24. The molecule has 0 aromatic carbocycles. The lowest BCUT2D eigenvalue weighted by atomic mass is 10.1. The molecular weight excluding hydrogens is 225 g/mol. The first kappa shape index (κ1) is 9.69. The molecule has 0 aliphatic heterocycles. The van der Waals surface area contributed by atoms with Gasteiger partial charge in [-0.3, -0.25) is 3.53 Å². The molecule has 0 aliphatic rings. The summed E-state index contributed by atoms with van der Waals surface area (Å²) in [6.45, 7) is 4.46. The number of halogens is 1. The number of hydrogen-bond donors (Lipinski definition) is 1. The molecule has 1 unspecified atom stereocenters. The molecule has 1 N–H and O–H groups in total. The van der Waals surface area contributed by atoms with Crippen LogP contribution >= 0.6 is 22.9 Å². The van der Waals surface area contributed by atoms with Crippen molar-refractivity contribution in [2.75, 3.05) is 0 Å². The van der Waals surface area contributed by atoms with Gasteiger partial charge in [-0.1, -0.05) is 26.7 Å². The predicted molar refractivity (Wildman–Crippen MR) is 50.8 cm³/mol. The summed E-state index contributed by atoms with van der Waals surface area (Å²) in [5, 5.41) is 0. The largest absolute Gasteiger partial charge is 0.258 e. The molecule has 0 heterocycles. The second-order valence-electron chi connectivity index (χ2n) is 2.36. The third kappa shape index (κ3) is 5.15. The Balaban J connectivity index is 3.09. The first-order chi connectivity index (χ1) is 4.35. The van der Waals surface area contributed by atoms with Crippen LogP contribution in [0.2, 0.25) is 0 Å². The van der Waals surface area contributed by atoms with Gasteiger partial charge in [-0.2, -0.15) is 0 Å². The van der Waals surface area contributed by atoms with Crippen molar-refractivity contribution in [3.05, 3.63) is 0 Å². The maximum atomic E-state index is 3.26. The number of nitrogens with one attached hydrogen (secondary N) is 1. The summed E-state index contributed by atoms with van der Waals surface area (Å²) in [6, 6.07) is 0.741. The first-order valence-electron chi connectivity index (χ1n) is 3.71. The third-order valence-corrected chi connectivity index (χ3v) is 2.43. The van der Waals surface area contributed by atoms with Gasteiger partial charge in [0.25, 0.3) is 0 Å². The molecule has 0 amide bonds. The van der Waals surface area contributed by atoms with Gasteiger partial charge in [0.1, 0.15) is 0 Å². The van der Waals surface area contributed by atoms with Gasteiger partial charge in [-0.15, -0.1) is 0 Å². The van der Waals surface area contributed by atoms with E-state index in [0.29, 0.717) is 0 Å². The van der Waals surface area contributed by atoms with E-state index in [1.54, 1.807) is 0 Å². The normalized spacial score (nSPS) is 13.7. The molecule has 2 heteroatoms. The van der Waals surface area contributed by atoms with Gasteiger partial charge in [0.2, 0.25) is 0 Å². The minimum atomic E-state index is 0.741. The predicted octanol–water partition coefficient (Wildman–Crippen LogP) is 2.89. The fraction of sp³-hybridized carbons (Fsp3) is 1.00. The zero-order valence-corrected chi connectivity index (χ0v) is 8.44. The average molecular weight is 241 g/mol. The Morgan fingerprint density at radius 2 is 2.11 bits per heavy atom.